The second-order valence-corrected chi connectivity index (χ2v) is 7.59. The fourth-order valence-corrected chi connectivity index (χ4v) is 4.57. The van der Waals surface area contributed by atoms with Crippen LogP contribution in [0.4, 0.5) is 0 Å². The van der Waals surface area contributed by atoms with Crippen LogP contribution in [0.1, 0.15) is 31.7 Å². The number of imide groups is 1. The van der Waals surface area contributed by atoms with Crippen LogP contribution in [0.2, 0.25) is 0 Å². The molecule has 2 bridgehead atoms. The van der Waals surface area contributed by atoms with E-state index in [2.05, 4.69) is 32.9 Å². The Bertz CT molecular complexity index is 785. The van der Waals surface area contributed by atoms with Gasteiger partial charge in [0.25, 0.3) is 0 Å². The van der Waals surface area contributed by atoms with Gasteiger partial charge in [-0.25, -0.2) is 4.99 Å². The lowest BCUT2D eigenvalue weighted by Gasteiger charge is -2.18. The van der Waals surface area contributed by atoms with Crippen LogP contribution >= 0.6 is 0 Å². The molecule has 8 nitrogen and oxygen atoms in total. The number of aromatic nitrogens is 1. The van der Waals surface area contributed by atoms with Crippen LogP contribution in [-0.2, 0) is 22.6 Å². The predicted molar refractivity (Wildman–Crippen MR) is 103 cm³/mol. The van der Waals surface area contributed by atoms with Crippen molar-refractivity contribution in [2.75, 3.05) is 19.6 Å². The third-order valence-corrected chi connectivity index (χ3v) is 5.90. The van der Waals surface area contributed by atoms with Gasteiger partial charge in [0.15, 0.2) is 11.7 Å². The van der Waals surface area contributed by atoms with E-state index in [4.69, 9.17) is 4.52 Å². The zero-order valence-corrected chi connectivity index (χ0v) is 16.4. The fraction of sp³-hybridized carbons (Fsp3) is 0.600. The van der Waals surface area contributed by atoms with E-state index in [1.165, 1.54) is 4.90 Å². The summed E-state index contributed by atoms with van der Waals surface area (Å²) in [6.45, 7) is 5.91. The molecule has 8 heteroatoms. The number of nitrogens with one attached hydrogen (secondary N) is 2. The van der Waals surface area contributed by atoms with Crippen LogP contribution in [0.5, 0.6) is 0 Å². The minimum absolute atomic E-state index is 0.00987. The minimum atomic E-state index is -0.136. The van der Waals surface area contributed by atoms with Crippen molar-refractivity contribution >= 4 is 17.8 Å². The average Bonchev–Trinajstić information content (AvgIpc) is 3.46. The molecule has 4 atom stereocenters. The molecule has 1 aromatic rings. The Labute approximate surface area is 164 Å². The van der Waals surface area contributed by atoms with Crippen molar-refractivity contribution in [1.82, 2.24) is 20.7 Å². The van der Waals surface area contributed by atoms with Gasteiger partial charge in [-0.2, -0.15) is 0 Å². The molecule has 1 saturated carbocycles. The van der Waals surface area contributed by atoms with Crippen LogP contribution in [0.25, 0.3) is 0 Å². The molecule has 150 valence electrons. The molecule has 0 aromatic carbocycles. The maximum atomic E-state index is 12.7. The van der Waals surface area contributed by atoms with Gasteiger partial charge in [-0.05, 0) is 31.6 Å². The first kappa shape index (κ1) is 18.7. The smallest absolute Gasteiger partial charge is 0.233 e. The molecule has 3 aliphatic rings. The Hall–Kier alpha value is -2.64. The quantitative estimate of drug-likeness (QED) is 0.316. The second-order valence-electron chi connectivity index (χ2n) is 7.59. The lowest BCUT2D eigenvalue weighted by molar-refractivity contribution is -0.140. The van der Waals surface area contributed by atoms with Gasteiger partial charge in [0.05, 0.1) is 17.5 Å². The van der Waals surface area contributed by atoms with Gasteiger partial charge in [0.2, 0.25) is 11.8 Å². The van der Waals surface area contributed by atoms with Crippen molar-refractivity contribution in [3.63, 3.8) is 0 Å². The van der Waals surface area contributed by atoms with Crippen molar-refractivity contribution in [2.24, 2.45) is 28.7 Å². The summed E-state index contributed by atoms with van der Waals surface area (Å²) in [5.41, 5.74) is 0.906. The van der Waals surface area contributed by atoms with Gasteiger partial charge >= 0.3 is 0 Å². The Morgan fingerprint density at radius 1 is 1.21 bits per heavy atom. The zero-order chi connectivity index (χ0) is 19.7. The van der Waals surface area contributed by atoms with Crippen LogP contribution in [-0.4, -0.2) is 47.5 Å². The highest BCUT2D eigenvalue weighted by atomic mass is 16.5. The SMILES string of the molecule is CCNC(=NCc1cc(CC)no1)NCCN1C(=O)C2C3C=CC(C3)C2C1=O. The Kier molecular flexibility index (Phi) is 5.19. The molecule has 2 N–H and O–H groups in total. The largest absolute Gasteiger partial charge is 0.359 e. The highest BCUT2D eigenvalue weighted by molar-refractivity contribution is 6.06. The van der Waals surface area contributed by atoms with Gasteiger partial charge < -0.3 is 15.2 Å². The molecule has 1 aromatic heterocycles. The monoisotopic (exact) mass is 385 g/mol. The number of hydrogen-bond acceptors (Lipinski definition) is 5. The summed E-state index contributed by atoms with van der Waals surface area (Å²) in [5.74, 6) is 1.53. The summed E-state index contributed by atoms with van der Waals surface area (Å²) in [5, 5.41) is 10.3. The highest BCUT2D eigenvalue weighted by Gasteiger charge is 2.58. The molecule has 4 unspecified atom stereocenters. The van der Waals surface area contributed by atoms with Crippen LogP contribution in [0.15, 0.2) is 27.7 Å². The van der Waals surface area contributed by atoms with Crippen LogP contribution in [0, 0.1) is 23.7 Å². The number of carbonyl (C=O) groups excluding carboxylic acids is 2. The molecule has 1 saturated heterocycles. The van der Waals surface area contributed by atoms with E-state index in [-0.39, 0.29) is 35.5 Å². The normalized spacial score (nSPS) is 28.4. The first-order valence-electron chi connectivity index (χ1n) is 10.1. The summed E-state index contributed by atoms with van der Waals surface area (Å²) in [7, 11) is 0. The average molecular weight is 385 g/mol. The highest BCUT2D eigenvalue weighted by Crippen LogP contribution is 2.52. The Balaban J connectivity index is 1.32. The van der Waals surface area contributed by atoms with Gasteiger partial charge in [-0.15, -0.1) is 0 Å². The lowest BCUT2D eigenvalue weighted by atomic mass is 9.85. The van der Waals surface area contributed by atoms with Crippen molar-refractivity contribution in [3.05, 3.63) is 29.7 Å². The van der Waals surface area contributed by atoms with Crippen molar-refractivity contribution in [2.45, 2.75) is 33.2 Å². The van der Waals surface area contributed by atoms with Crippen LogP contribution < -0.4 is 10.6 Å². The summed E-state index contributed by atoms with van der Waals surface area (Å²) in [6.07, 6.45) is 6.00. The number of likely N-dealkylation sites (tertiary alicyclic amines) is 1. The third kappa shape index (κ3) is 3.31. The zero-order valence-electron chi connectivity index (χ0n) is 16.4. The minimum Gasteiger partial charge on any atom is -0.359 e. The van der Waals surface area contributed by atoms with E-state index in [9.17, 15) is 9.59 Å². The van der Waals surface area contributed by atoms with E-state index in [1.807, 2.05) is 19.9 Å². The van der Waals surface area contributed by atoms with E-state index in [0.717, 1.165) is 18.5 Å². The molecule has 4 rings (SSSR count). The summed E-state index contributed by atoms with van der Waals surface area (Å²) >= 11 is 0. The molecule has 2 amide bonds. The molecule has 28 heavy (non-hydrogen) atoms. The van der Waals surface area contributed by atoms with Crippen LogP contribution in [0.3, 0.4) is 0 Å². The first-order chi connectivity index (χ1) is 13.6. The van der Waals surface area contributed by atoms with E-state index < -0.39 is 0 Å². The second kappa shape index (κ2) is 7.77. The maximum Gasteiger partial charge on any atom is 0.233 e. The number of guanidine groups is 1. The molecular formula is C20H27N5O3. The van der Waals surface area contributed by atoms with E-state index in [1.54, 1.807) is 0 Å². The number of aliphatic imine (C=N–C) groups is 1. The molecule has 0 radical (unpaired) electrons. The summed E-state index contributed by atoms with van der Waals surface area (Å²) in [4.78, 5) is 31.3. The van der Waals surface area contributed by atoms with Gasteiger partial charge in [0.1, 0.15) is 6.54 Å². The number of aryl methyl sites for hydroxylation is 1. The molecule has 2 aliphatic carbocycles. The number of allylic oxidation sites excluding steroid dienone is 2. The number of carbonyl (C=O) groups is 2. The van der Waals surface area contributed by atoms with Crippen molar-refractivity contribution < 1.29 is 14.1 Å². The maximum absolute atomic E-state index is 12.7. The molecule has 2 heterocycles. The first-order valence-corrected chi connectivity index (χ1v) is 10.1. The Morgan fingerprint density at radius 3 is 2.54 bits per heavy atom. The lowest BCUT2D eigenvalue weighted by Crippen LogP contribution is -2.43. The summed E-state index contributed by atoms with van der Waals surface area (Å²) < 4.78 is 5.25. The van der Waals surface area contributed by atoms with E-state index in [0.29, 0.717) is 37.9 Å². The number of rotatable bonds is 7. The fourth-order valence-electron chi connectivity index (χ4n) is 4.57. The summed E-state index contributed by atoms with van der Waals surface area (Å²) in [6, 6.07) is 1.90. The molecule has 0 spiro atoms. The molecule has 1 aliphatic heterocycles. The van der Waals surface area contributed by atoms with Crippen molar-refractivity contribution in [3.8, 4) is 0 Å². The Morgan fingerprint density at radius 2 is 1.93 bits per heavy atom. The number of nitrogens with zero attached hydrogens (tertiary/aromatic N) is 3. The standard InChI is InChI=1S/C20H27N5O3/c1-3-14-10-15(28-24-14)11-23-20(21-4-2)22-7-8-25-18(26)16-12-5-6-13(9-12)17(16)19(25)27/h5-6,10,12-13,16-17H,3-4,7-9,11H2,1-2H3,(H2,21,22,23). The van der Waals surface area contributed by atoms with Gasteiger partial charge in [-0.1, -0.05) is 24.2 Å². The van der Waals surface area contributed by atoms with Crippen molar-refractivity contribution in [1.29, 1.82) is 0 Å². The molecule has 2 fully saturated rings. The number of hydrogen-bond donors (Lipinski definition) is 2. The van der Waals surface area contributed by atoms with Gasteiger partial charge in [-0.3, -0.25) is 14.5 Å². The van der Waals surface area contributed by atoms with Gasteiger partial charge in [0, 0.05) is 25.7 Å². The molecular weight excluding hydrogens is 358 g/mol. The topological polar surface area (TPSA) is 99.8 Å². The predicted octanol–water partition coefficient (Wildman–Crippen LogP) is 1.10. The van der Waals surface area contributed by atoms with E-state index >= 15 is 0 Å². The third-order valence-electron chi connectivity index (χ3n) is 5.90. The number of amides is 2. The number of fused-ring (bicyclic) bond motifs is 5.